The Kier molecular flexibility index (Phi) is 6.03. The van der Waals surface area contributed by atoms with Gasteiger partial charge in [-0.25, -0.2) is 0 Å². The summed E-state index contributed by atoms with van der Waals surface area (Å²) < 4.78 is 5.10. The van der Waals surface area contributed by atoms with Crippen LogP contribution in [0.1, 0.15) is 52.4 Å². The third-order valence-electron chi connectivity index (χ3n) is 4.76. The number of carbonyl (C=O) groups is 2. The summed E-state index contributed by atoms with van der Waals surface area (Å²) in [6.45, 7) is 5.71. The van der Waals surface area contributed by atoms with Crippen LogP contribution < -0.4 is 5.32 Å². The standard InChI is InChI=1S/C16H28N2O3/c1-3-21-16(20)13-4-6-14(7-5-13)17-15-8-10-18(11-9-15)12(2)19/h13-15,17H,3-11H2,1-2H3. The van der Waals surface area contributed by atoms with Crippen LogP contribution in [0.4, 0.5) is 0 Å². The van der Waals surface area contributed by atoms with Crippen molar-refractivity contribution in [1.29, 1.82) is 0 Å². The number of esters is 1. The normalized spacial score (nSPS) is 27.4. The number of ether oxygens (including phenoxy) is 1. The second-order valence-corrected chi connectivity index (χ2v) is 6.25. The number of piperidine rings is 1. The number of carbonyl (C=O) groups excluding carboxylic acids is 2. The van der Waals surface area contributed by atoms with Crippen LogP contribution in [0.25, 0.3) is 0 Å². The molecular formula is C16H28N2O3. The molecule has 2 aliphatic rings. The number of hydrogen-bond donors (Lipinski definition) is 1. The molecule has 1 aliphatic carbocycles. The highest BCUT2D eigenvalue weighted by Gasteiger charge is 2.29. The summed E-state index contributed by atoms with van der Waals surface area (Å²) in [5.74, 6) is 0.261. The molecule has 1 saturated heterocycles. The number of rotatable bonds is 4. The minimum atomic E-state index is -0.0225. The molecule has 0 radical (unpaired) electrons. The average Bonchev–Trinajstić information content (AvgIpc) is 2.49. The second-order valence-electron chi connectivity index (χ2n) is 6.25. The SMILES string of the molecule is CCOC(=O)C1CCC(NC2CCN(C(C)=O)CC2)CC1. The Hall–Kier alpha value is -1.10. The van der Waals surface area contributed by atoms with Crippen molar-refractivity contribution in [2.24, 2.45) is 5.92 Å². The van der Waals surface area contributed by atoms with E-state index < -0.39 is 0 Å². The lowest BCUT2D eigenvalue weighted by molar-refractivity contribution is -0.149. The molecule has 2 rings (SSSR count). The molecule has 5 nitrogen and oxygen atoms in total. The molecule has 1 aliphatic heterocycles. The van der Waals surface area contributed by atoms with E-state index in [0.717, 1.165) is 51.6 Å². The van der Waals surface area contributed by atoms with Crippen molar-refractivity contribution in [3.8, 4) is 0 Å². The molecule has 21 heavy (non-hydrogen) atoms. The van der Waals surface area contributed by atoms with E-state index in [0.29, 0.717) is 18.7 Å². The molecule has 1 N–H and O–H groups in total. The zero-order valence-electron chi connectivity index (χ0n) is 13.3. The van der Waals surface area contributed by atoms with Crippen LogP contribution >= 0.6 is 0 Å². The summed E-state index contributed by atoms with van der Waals surface area (Å²) in [5.41, 5.74) is 0. The van der Waals surface area contributed by atoms with Gasteiger partial charge < -0.3 is 15.0 Å². The third kappa shape index (κ3) is 4.70. The maximum absolute atomic E-state index is 11.7. The van der Waals surface area contributed by atoms with Crippen molar-refractivity contribution in [2.45, 2.75) is 64.5 Å². The van der Waals surface area contributed by atoms with E-state index in [9.17, 15) is 9.59 Å². The molecular weight excluding hydrogens is 268 g/mol. The van der Waals surface area contributed by atoms with Crippen molar-refractivity contribution in [3.63, 3.8) is 0 Å². The third-order valence-corrected chi connectivity index (χ3v) is 4.76. The maximum Gasteiger partial charge on any atom is 0.308 e. The van der Waals surface area contributed by atoms with Gasteiger partial charge in [0.25, 0.3) is 0 Å². The fraction of sp³-hybridized carbons (Fsp3) is 0.875. The lowest BCUT2D eigenvalue weighted by Gasteiger charge is -2.36. The van der Waals surface area contributed by atoms with Gasteiger partial charge >= 0.3 is 5.97 Å². The monoisotopic (exact) mass is 296 g/mol. The van der Waals surface area contributed by atoms with Crippen molar-refractivity contribution >= 4 is 11.9 Å². The highest BCUT2D eigenvalue weighted by molar-refractivity contribution is 5.73. The second kappa shape index (κ2) is 7.78. The molecule has 0 unspecified atom stereocenters. The lowest BCUT2D eigenvalue weighted by atomic mass is 9.85. The van der Waals surface area contributed by atoms with E-state index >= 15 is 0 Å². The predicted octanol–water partition coefficient (Wildman–Crippen LogP) is 1.71. The van der Waals surface area contributed by atoms with Crippen LogP contribution in [-0.2, 0) is 14.3 Å². The van der Waals surface area contributed by atoms with Gasteiger partial charge in [0.15, 0.2) is 0 Å². The van der Waals surface area contributed by atoms with Crippen LogP contribution in [0.2, 0.25) is 0 Å². The molecule has 0 aromatic rings. The number of amides is 1. The van der Waals surface area contributed by atoms with E-state index in [-0.39, 0.29) is 17.8 Å². The average molecular weight is 296 g/mol. The maximum atomic E-state index is 11.7. The van der Waals surface area contributed by atoms with Crippen LogP contribution in [-0.4, -0.2) is 48.6 Å². The highest BCUT2D eigenvalue weighted by atomic mass is 16.5. The van der Waals surface area contributed by atoms with Crippen molar-refractivity contribution in [3.05, 3.63) is 0 Å². The number of nitrogens with one attached hydrogen (secondary N) is 1. The van der Waals surface area contributed by atoms with E-state index in [1.807, 2.05) is 11.8 Å². The molecule has 0 atom stereocenters. The Morgan fingerprint density at radius 1 is 1.05 bits per heavy atom. The van der Waals surface area contributed by atoms with Crippen LogP contribution in [0.5, 0.6) is 0 Å². The van der Waals surface area contributed by atoms with Gasteiger partial charge in [0.05, 0.1) is 12.5 Å². The van der Waals surface area contributed by atoms with Gasteiger partial charge in [0, 0.05) is 32.1 Å². The summed E-state index contributed by atoms with van der Waals surface area (Å²) in [6, 6.07) is 1.04. The Balaban J connectivity index is 1.67. The molecule has 0 spiro atoms. The largest absolute Gasteiger partial charge is 0.466 e. The quantitative estimate of drug-likeness (QED) is 0.802. The number of likely N-dealkylation sites (tertiary alicyclic amines) is 1. The fourth-order valence-corrected chi connectivity index (χ4v) is 3.45. The van der Waals surface area contributed by atoms with Gasteiger partial charge in [0.1, 0.15) is 0 Å². The zero-order chi connectivity index (χ0) is 15.2. The molecule has 1 amide bonds. The van der Waals surface area contributed by atoms with Gasteiger partial charge in [0.2, 0.25) is 5.91 Å². The Labute approximate surface area is 127 Å². The van der Waals surface area contributed by atoms with Crippen LogP contribution in [0, 0.1) is 5.92 Å². The molecule has 0 aromatic heterocycles. The first-order chi connectivity index (χ1) is 10.1. The summed E-state index contributed by atoms with van der Waals surface area (Å²) in [6.07, 6.45) is 6.05. The number of nitrogens with zero attached hydrogens (tertiary/aromatic N) is 1. The van der Waals surface area contributed by atoms with Crippen LogP contribution in [0.15, 0.2) is 0 Å². The summed E-state index contributed by atoms with van der Waals surface area (Å²) in [7, 11) is 0. The zero-order valence-corrected chi connectivity index (χ0v) is 13.3. The van der Waals surface area contributed by atoms with E-state index in [1.165, 1.54) is 0 Å². The Morgan fingerprint density at radius 2 is 1.62 bits per heavy atom. The van der Waals surface area contributed by atoms with Crippen molar-refractivity contribution in [1.82, 2.24) is 10.2 Å². The summed E-state index contributed by atoms with van der Waals surface area (Å²) in [4.78, 5) is 25.0. The first-order valence-corrected chi connectivity index (χ1v) is 8.28. The van der Waals surface area contributed by atoms with E-state index in [2.05, 4.69) is 5.32 Å². The van der Waals surface area contributed by atoms with Crippen molar-refractivity contribution < 1.29 is 14.3 Å². The van der Waals surface area contributed by atoms with Gasteiger partial charge in [-0.1, -0.05) is 0 Å². The van der Waals surface area contributed by atoms with Gasteiger partial charge in [-0.3, -0.25) is 9.59 Å². The highest BCUT2D eigenvalue weighted by Crippen LogP contribution is 2.26. The minimum absolute atomic E-state index is 0.0225. The van der Waals surface area contributed by atoms with Crippen molar-refractivity contribution in [2.75, 3.05) is 19.7 Å². The molecule has 1 heterocycles. The number of hydrogen-bond acceptors (Lipinski definition) is 4. The molecule has 0 aromatic carbocycles. The molecule has 2 fully saturated rings. The Bertz CT molecular complexity index is 357. The van der Waals surface area contributed by atoms with E-state index in [4.69, 9.17) is 4.74 Å². The van der Waals surface area contributed by atoms with E-state index in [1.54, 1.807) is 6.92 Å². The molecule has 0 bridgehead atoms. The first-order valence-electron chi connectivity index (χ1n) is 8.28. The first kappa shape index (κ1) is 16.3. The fourth-order valence-electron chi connectivity index (χ4n) is 3.45. The van der Waals surface area contributed by atoms with Crippen LogP contribution in [0.3, 0.4) is 0 Å². The van der Waals surface area contributed by atoms with Gasteiger partial charge in [-0.15, -0.1) is 0 Å². The molecule has 120 valence electrons. The molecule has 1 saturated carbocycles. The topological polar surface area (TPSA) is 58.6 Å². The summed E-state index contributed by atoms with van der Waals surface area (Å²) >= 11 is 0. The van der Waals surface area contributed by atoms with Gasteiger partial charge in [-0.2, -0.15) is 0 Å². The Morgan fingerprint density at radius 3 is 2.14 bits per heavy atom. The minimum Gasteiger partial charge on any atom is -0.466 e. The van der Waals surface area contributed by atoms with Gasteiger partial charge in [-0.05, 0) is 45.4 Å². The smallest absolute Gasteiger partial charge is 0.308 e. The predicted molar refractivity (Wildman–Crippen MR) is 80.8 cm³/mol. The molecule has 5 heteroatoms. The summed E-state index contributed by atoms with van der Waals surface area (Å²) in [5, 5.41) is 3.72. The lowest BCUT2D eigenvalue weighted by Crippen LogP contribution is -2.48.